The predicted molar refractivity (Wildman–Crippen MR) is 88.1 cm³/mol. The minimum atomic E-state index is 0.803. The maximum absolute atomic E-state index is 3.81. The molecule has 0 aromatic rings. The summed E-state index contributed by atoms with van der Waals surface area (Å²) in [7, 11) is 0. The molecule has 1 saturated heterocycles. The zero-order valence-electron chi connectivity index (χ0n) is 13.9. The standard InChI is InChI=1S/C18H36N2/c1-3-7-16-10-13-20(14-11-16)15-17-8-5-6-9-18(17)19-12-4-2/h16-19H,3-15H2,1-2H3. The molecular weight excluding hydrogens is 244 g/mol. The van der Waals surface area contributed by atoms with Gasteiger partial charge in [-0.15, -0.1) is 0 Å². The fourth-order valence-electron chi connectivity index (χ4n) is 4.22. The molecule has 2 aliphatic rings. The number of nitrogens with zero attached hydrogens (tertiary/aromatic N) is 1. The minimum absolute atomic E-state index is 0.803. The molecule has 0 bridgehead atoms. The summed E-state index contributed by atoms with van der Waals surface area (Å²) >= 11 is 0. The third-order valence-corrected chi connectivity index (χ3v) is 5.46. The van der Waals surface area contributed by atoms with Crippen LogP contribution in [0.5, 0.6) is 0 Å². The lowest BCUT2D eigenvalue weighted by atomic mass is 9.83. The third kappa shape index (κ3) is 5.04. The zero-order valence-corrected chi connectivity index (χ0v) is 13.9. The number of hydrogen-bond acceptors (Lipinski definition) is 2. The van der Waals surface area contributed by atoms with Gasteiger partial charge in [-0.2, -0.15) is 0 Å². The molecule has 2 nitrogen and oxygen atoms in total. The molecule has 1 saturated carbocycles. The zero-order chi connectivity index (χ0) is 14.2. The van der Waals surface area contributed by atoms with Gasteiger partial charge < -0.3 is 10.2 Å². The van der Waals surface area contributed by atoms with Crippen molar-refractivity contribution in [3.05, 3.63) is 0 Å². The molecule has 0 spiro atoms. The van der Waals surface area contributed by atoms with Gasteiger partial charge in [-0.1, -0.05) is 39.5 Å². The predicted octanol–water partition coefficient (Wildman–Crippen LogP) is 4.06. The van der Waals surface area contributed by atoms with E-state index in [0.29, 0.717) is 0 Å². The Morgan fingerprint density at radius 3 is 2.40 bits per heavy atom. The quantitative estimate of drug-likeness (QED) is 0.756. The van der Waals surface area contributed by atoms with Gasteiger partial charge in [0, 0.05) is 12.6 Å². The van der Waals surface area contributed by atoms with Crippen LogP contribution in [0.3, 0.4) is 0 Å². The minimum Gasteiger partial charge on any atom is -0.314 e. The van der Waals surface area contributed by atoms with E-state index in [4.69, 9.17) is 0 Å². The highest BCUT2D eigenvalue weighted by atomic mass is 15.1. The Labute approximate surface area is 126 Å². The van der Waals surface area contributed by atoms with Crippen molar-refractivity contribution >= 4 is 0 Å². The molecule has 0 aromatic carbocycles. The van der Waals surface area contributed by atoms with Crippen molar-refractivity contribution in [2.24, 2.45) is 11.8 Å². The second-order valence-corrected chi connectivity index (χ2v) is 7.14. The number of rotatable bonds is 7. The number of nitrogens with one attached hydrogen (secondary N) is 1. The van der Waals surface area contributed by atoms with Crippen molar-refractivity contribution in [1.29, 1.82) is 0 Å². The van der Waals surface area contributed by atoms with E-state index < -0.39 is 0 Å². The van der Waals surface area contributed by atoms with Crippen LogP contribution >= 0.6 is 0 Å². The third-order valence-electron chi connectivity index (χ3n) is 5.46. The highest BCUT2D eigenvalue weighted by molar-refractivity contribution is 4.84. The van der Waals surface area contributed by atoms with Gasteiger partial charge in [-0.05, 0) is 63.6 Å². The first-order valence-corrected chi connectivity index (χ1v) is 9.29. The van der Waals surface area contributed by atoms with Crippen LogP contribution in [-0.4, -0.2) is 37.1 Å². The lowest BCUT2D eigenvalue weighted by Crippen LogP contribution is -2.46. The van der Waals surface area contributed by atoms with Crippen LogP contribution in [0.4, 0.5) is 0 Å². The van der Waals surface area contributed by atoms with Crippen molar-refractivity contribution in [1.82, 2.24) is 10.2 Å². The molecule has 20 heavy (non-hydrogen) atoms. The average molecular weight is 280 g/mol. The molecule has 1 N–H and O–H groups in total. The van der Waals surface area contributed by atoms with E-state index >= 15 is 0 Å². The molecular formula is C18H36N2. The van der Waals surface area contributed by atoms with Crippen LogP contribution < -0.4 is 5.32 Å². The Bertz CT molecular complexity index is 246. The Balaban J connectivity index is 1.73. The van der Waals surface area contributed by atoms with E-state index in [1.807, 2.05) is 0 Å². The summed E-state index contributed by atoms with van der Waals surface area (Å²) in [6.45, 7) is 9.91. The van der Waals surface area contributed by atoms with Crippen molar-refractivity contribution in [2.45, 2.75) is 77.7 Å². The van der Waals surface area contributed by atoms with Gasteiger partial charge in [0.2, 0.25) is 0 Å². The van der Waals surface area contributed by atoms with E-state index in [1.54, 1.807) is 0 Å². The van der Waals surface area contributed by atoms with E-state index in [0.717, 1.165) is 17.9 Å². The molecule has 0 amide bonds. The van der Waals surface area contributed by atoms with Crippen LogP contribution in [0, 0.1) is 11.8 Å². The monoisotopic (exact) mass is 280 g/mol. The highest BCUT2D eigenvalue weighted by Gasteiger charge is 2.28. The molecule has 2 atom stereocenters. The van der Waals surface area contributed by atoms with Gasteiger partial charge in [-0.3, -0.25) is 0 Å². The normalized spacial score (nSPS) is 29.7. The van der Waals surface area contributed by atoms with Gasteiger partial charge in [-0.25, -0.2) is 0 Å². The number of likely N-dealkylation sites (tertiary alicyclic amines) is 1. The van der Waals surface area contributed by atoms with Gasteiger partial charge in [0.25, 0.3) is 0 Å². The van der Waals surface area contributed by atoms with E-state index in [9.17, 15) is 0 Å². The van der Waals surface area contributed by atoms with Crippen molar-refractivity contribution < 1.29 is 0 Å². The Kier molecular flexibility index (Phi) is 7.37. The van der Waals surface area contributed by atoms with Crippen molar-refractivity contribution in [2.75, 3.05) is 26.2 Å². The SMILES string of the molecule is CCCNC1CCCCC1CN1CCC(CCC)CC1. The van der Waals surface area contributed by atoms with Crippen molar-refractivity contribution in [3.8, 4) is 0 Å². The van der Waals surface area contributed by atoms with Crippen LogP contribution in [0.1, 0.15) is 71.6 Å². The first kappa shape index (κ1) is 16.3. The molecule has 1 aliphatic heterocycles. The smallest absolute Gasteiger partial charge is 0.0107 e. The van der Waals surface area contributed by atoms with Crippen molar-refractivity contribution in [3.63, 3.8) is 0 Å². The largest absolute Gasteiger partial charge is 0.314 e. The second-order valence-electron chi connectivity index (χ2n) is 7.14. The number of hydrogen-bond donors (Lipinski definition) is 1. The Hall–Kier alpha value is -0.0800. The summed E-state index contributed by atoms with van der Waals surface area (Å²) in [6, 6.07) is 0.803. The van der Waals surface area contributed by atoms with E-state index in [1.165, 1.54) is 84.0 Å². The van der Waals surface area contributed by atoms with Gasteiger partial charge in [0.05, 0.1) is 0 Å². The topological polar surface area (TPSA) is 15.3 Å². The summed E-state index contributed by atoms with van der Waals surface area (Å²) in [4.78, 5) is 2.77. The van der Waals surface area contributed by atoms with Gasteiger partial charge in [0.15, 0.2) is 0 Å². The fourth-order valence-corrected chi connectivity index (χ4v) is 4.22. The van der Waals surface area contributed by atoms with Gasteiger partial charge in [0.1, 0.15) is 0 Å². The van der Waals surface area contributed by atoms with E-state index in [2.05, 4.69) is 24.1 Å². The van der Waals surface area contributed by atoms with E-state index in [-0.39, 0.29) is 0 Å². The van der Waals surface area contributed by atoms with Crippen LogP contribution in [0.25, 0.3) is 0 Å². The van der Waals surface area contributed by atoms with Crippen LogP contribution in [0.15, 0.2) is 0 Å². The van der Waals surface area contributed by atoms with Crippen LogP contribution in [0.2, 0.25) is 0 Å². The molecule has 0 aromatic heterocycles. The lowest BCUT2D eigenvalue weighted by Gasteiger charge is -2.39. The lowest BCUT2D eigenvalue weighted by molar-refractivity contribution is 0.125. The summed E-state index contributed by atoms with van der Waals surface area (Å²) in [5.41, 5.74) is 0. The van der Waals surface area contributed by atoms with Crippen LogP contribution in [-0.2, 0) is 0 Å². The molecule has 2 fully saturated rings. The Morgan fingerprint density at radius 2 is 1.70 bits per heavy atom. The molecule has 2 rings (SSSR count). The molecule has 2 unspecified atom stereocenters. The summed E-state index contributed by atoms with van der Waals surface area (Å²) in [5, 5.41) is 3.81. The first-order chi connectivity index (χ1) is 9.83. The Morgan fingerprint density at radius 1 is 0.950 bits per heavy atom. The maximum Gasteiger partial charge on any atom is 0.0107 e. The summed E-state index contributed by atoms with van der Waals surface area (Å²) in [5.74, 6) is 1.94. The first-order valence-electron chi connectivity index (χ1n) is 9.29. The fraction of sp³-hybridized carbons (Fsp3) is 1.00. The summed E-state index contributed by atoms with van der Waals surface area (Å²) < 4.78 is 0. The molecule has 2 heteroatoms. The van der Waals surface area contributed by atoms with Gasteiger partial charge >= 0.3 is 0 Å². The molecule has 1 heterocycles. The summed E-state index contributed by atoms with van der Waals surface area (Å²) in [6.07, 6.45) is 12.8. The second kappa shape index (κ2) is 9.04. The highest BCUT2D eigenvalue weighted by Crippen LogP contribution is 2.28. The molecule has 0 radical (unpaired) electrons. The maximum atomic E-state index is 3.81. The molecule has 118 valence electrons. The molecule has 1 aliphatic carbocycles. The average Bonchev–Trinajstić information content (AvgIpc) is 2.49. The number of piperidine rings is 1.